The molecule has 1 aliphatic heterocycles. The summed E-state index contributed by atoms with van der Waals surface area (Å²) in [5.41, 5.74) is 1.20. The number of hydrogen-bond acceptors (Lipinski definition) is 2. The lowest BCUT2D eigenvalue weighted by Crippen LogP contribution is -2.32. The molecule has 2 rings (SSSR count). The highest BCUT2D eigenvalue weighted by molar-refractivity contribution is 6.28. The van der Waals surface area contributed by atoms with Crippen LogP contribution in [-0.2, 0) is 0 Å². The summed E-state index contributed by atoms with van der Waals surface area (Å²) in [7, 11) is 0. The number of likely N-dealkylation sites (tertiary alicyclic amines) is 1. The van der Waals surface area contributed by atoms with Crippen molar-refractivity contribution in [2.24, 2.45) is 0 Å². The highest BCUT2D eigenvalue weighted by Crippen LogP contribution is 2.26. The van der Waals surface area contributed by atoms with Crippen molar-refractivity contribution in [3.8, 4) is 0 Å². The Morgan fingerprint density at radius 2 is 2.29 bits per heavy atom. The molecule has 0 aromatic carbocycles. The zero-order valence-electron chi connectivity index (χ0n) is 8.46. The topological polar surface area (TPSA) is 31.9 Å². The van der Waals surface area contributed by atoms with Gasteiger partial charge in [-0.2, -0.15) is 0 Å². The first-order valence-electron chi connectivity index (χ1n) is 5.22. The quantitative estimate of drug-likeness (QED) is 0.818. The molecular weight excluding hydrogens is 198 g/mol. The number of nitrogens with one attached hydrogen (secondary N) is 1. The molecule has 1 fully saturated rings. The maximum absolute atomic E-state index is 5.76. The number of piperidine rings is 1. The Kier molecular flexibility index (Phi) is 3.08. The number of nitrogens with zero attached hydrogens (tertiary/aromatic N) is 2. The average molecular weight is 214 g/mol. The molecule has 14 heavy (non-hydrogen) atoms. The largest absolute Gasteiger partial charge is 0.332 e. The number of H-pyrrole nitrogens is 1. The van der Waals surface area contributed by atoms with Crippen LogP contribution in [0.4, 0.5) is 0 Å². The molecule has 0 bridgehead atoms. The first kappa shape index (κ1) is 9.99. The van der Waals surface area contributed by atoms with Crippen molar-refractivity contribution >= 4 is 11.6 Å². The van der Waals surface area contributed by atoms with Gasteiger partial charge in [-0.15, -0.1) is 0 Å². The molecule has 0 amide bonds. The Bertz CT molecular complexity index is 289. The number of hydrogen-bond donors (Lipinski definition) is 1. The summed E-state index contributed by atoms with van der Waals surface area (Å²) in [6.07, 6.45) is 4.30. The van der Waals surface area contributed by atoms with Gasteiger partial charge in [0.1, 0.15) is 0 Å². The summed E-state index contributed by atoms with van der Waals surface area (Å²) in [5, 5.41) is 0.512. The molecule has 4 heteroatoms. The van der Waals surface area contributed by atoms with Crippen LogP contribution in [0.25, 0.3) is 0 Å². The van der Waals surface area contributed by atoms with Crippen LogP contribution in [0.2, 0.25) is 5.28 Å². The van der Waals surface area contributed by atoms with Crippen LogP contribution in [-0.4, -0.2) is 34.5 Å². The lowest BCUT2D eigenvalue weighted by Gasteiger charge is -2.30. The van der Waals surface area contributed by atoms with Crippen molar-refractivity contribution in [1.29, 1.82) is 0 Å². The minimum Gasteiger partial charge on any atom is -0.332 e. The van der Waals surface area contributed by atoms with Crippen molar-refractivity contribution in [2.45, 2.75) is 25.7 Å². The minimum atomic E-state index is 0.512. The number of aromatic nitrogens is 2. The normalized spacial score (nSPS) is 20.1. The second-order valence-corrected chi connectivity index (χ2v) is 4.20. The van der Waals surface area contributed by atoms with Gasteiger partial charge in [0.15, 0.2) is 5.28 Å². The second kappa shape index (κ2) is 4.32. The Hall–Kier alpha value is -0.540. The number of aromatic amines is 1. The molecule has 1 aromatic heterocycles. The predicted octanol–water partition coefficient (Wildman–Crippen LogP) is 2.26. The standard InChI is InChI=1S/C10H16ClN3/c1-2-14-5-3-8(4-6-14)9-7-12-10(11)13-9/h7-8H,2-6H2,1H3,(H,12,13). The molecular formula is C10H16ClN3. The molecule has 0 atom stereocenters. The van der Waals surface area contributed by atoms with E-state index in [0.29, 0.717) is 11.2 Å². The van der Waals surface area contributed by atoms with Gasteiger partial charge in [-0.3, -0.25) is 0 Å². The Morgan fingerprint density at radius 3 is 2.79 bits per heavy atom. The van der Waals surface area contributed by atoms with Gasteiger partial charge in [0.25, 0.3) is 0 Å². The highest BCUT2D eigenvalue weighted by Gasteiger charge is 2.20. The zero-order chi connectivity index (χ0) is 9.97. The average Bonchev–Trinajstić information content (AvgIpc) is 2.65. The molecule has 3 nitrogen and oxygen atoms in total. The Balaban J connectivity index is 1.95. The van der Waals surface area contributed by atoms with Crippen molar-refractivity contribution in [3.05, 3.63) is 17.2 Å². The number of rotatable bonds is 2. The molecule has 0 aliphatic carbocycles. The van der Waals surface area contributed by atoms with E-state index in [1.165, 1.54) is 31.6 Å². The maximum atomic E-state index is 5.76. The third-order valence-corrected chi connectivity index (χ3v) is 3.23. The molecule has 0 radical (unpaired) electrons. The van der Waals surface area contributed by atoms with Crippen molar-refractivity contribution in [3.63, 3.8) is 0 Å². The summed E-state index contributed by atoms with van der Waals surface area (Å²) in [4.78, 5) is 9.62. The fourth-order valence-corrected chi connectivity index (χ4v) is 2.24. The molecule has 0 unspecified atom stereocenters. The zero-order valence-corrected chi connectivity index (χ0v) is 9.22. The SMILES string of the molecule is CCN1CCC(c2cnc(Cl)[nH]2)CC1. The van der Waals surface area contributed by atoms with Crippen LogP contribution >= 0.6 is 11.6 Å². The summed E-state index contributed by atoms with van der Waals surface area (Å²) >= 11 is 5.76. The fourth-order valence-electron chi connectivity index (χ4n) is 2.08. The molecule has 78 valence electrons. The van der Waals surface area contributed by atoms with Crippen LogP contribution in [0.5, 0.6) is 0 Å². The van der Waals surface area contributed by atoms with Crippen LogP contribution in [0, 0.1) is 0 Å². The number of halogens is 1. The lowest BCUT2D eigenvalue weighted by atomic mass is 9.94. The van der Waals surface area contributed by atoms with Gasteiger partial charge in [0.05, 0.1) is 0 Å². The highest BCUT2D eigenvalue weighted by atomic mass is 35.5. The molecule has 0 saturated carbocycles. The van der Waals surface area contributed by atoms with E-state index in [-0.39, 0.29) is 0 Å². The van der Waals surface area contributed by atoms with E-state index in [2.05, 4.69) is 21.8 Å². The van der Waals surface area contributed by atoms with Gasteiger partial charge in [0, 0.05) is 17.8 Å². The Labute approximate surface area is 89.5 Å². The molecule has 1 N–H and O–H groups in total. The summed E-state index contributed by atoms with van der Waals surface area (Å²) in [5.74, 6) is 0.623. The van der Waals surface area contributed by atoms with Gasteiger partial charge in [-0.25, -0.2) is 4.98 Å². The first-order chi connectivity index (χ1) is 6.79. The predicted molar refractivity (Wildman–Crippen MR) is 57.7 cm³/mol. The van der Waals surface area contributed by atoms with E-state index in [4.69, 9.17) is 11.6 Å². The van der Waals surface area contributed by atoms with Crippen LogP contribution in [0.15, 0.2) is 6.20 Å². The molecule has 2 heterocycles. The van der Waals surface area contributed by atoms with Crippen LogP contribution in [0.1, 0.15) is 31.4 Å². The summed E-state index contributed by atoms with van der Waals surface area (Å²) in [6, 6.07) is 0. The van der Waals surface area contributed by atoms with Crippen molar-refractivity contribution < 1.29 is 0 Å². The van der Waals surface area contributed by atoms with Crippen molar-refractivity contribution in [2.75, 3.05) is 19.6 Å². The van der Waals surface area contributed by atoms with Crippen LogP contribution in [0.3, 0.4) is 0 Å². The smallest absolute Gasteiger partial charge is 0.200 e. The second-order valence-electron chi connectivity index (χ2n) is 3.84. The third kappa shape index (κ3) is 2.10. The Morgan fingerprint density at radius 1 is 1.57 bits per heavy atom. The summed E-state index contributed by atoms with van der Waals surface area (Å²) < 4.78 is 0. The van der Waals surface area contributed by atoms with Gasteiger partial charge in [-0.1, -0.05) is 6.92 Å². The van der Waals surface area contributed by atoms with E-state index in [0.717, 1.165) is 6.54 Å². The molecule has 1 aliphatic rings. The van der Waals surface area contributed by atoms with Gasteiger partial charge in [0.2, 0.25) is 0 Å². The van der Waals surface area contributed by atoms with Gasteiger partial charge in [-0.05, 0) is 44.1 Å². The first-order valence-corrected chi connectivity index (χ1v) is 5.60. The van der Waals surface area contributed by atoms with Crippen LogP contribution < -0.4 is 0 Å². The molecule has 1 saturated heterocycles. The number of imidazole rings is 1. The van der Waals surface area contributed by atoms with Crippen molar-refractivity contribution in [1.82, 2.24) is 14.9 Å². The van der Waals surface area contributed by atoms with Gasteiger partial charge >= 0.3 is 0 Å². The maximum Gasteiger partial charge on any atom is 0.200 e. The lowest BCUT2D eigenvalue weighted by molar-refractivity contribution is 0.221. The third-order valence-electron chi connectivity index (χ3n) is 3.04. The summed E-state index contributed by atoms with van der Waals surface area (Å²) in [6.45, 7) is 5.76. The minimum absolute atomic E-state index is 0.512. The van der Waals surface area contributed by atoms with Gasteiger partial charge < -0.3 is 9.88 Å². The fraction of sp³-hybridized carbons (Fsp3) is 0.700. The van der Waals surface area contributed by atoms with E-state index >= 15 is 0 Å². The van der Waals surface area contributed by atoms with E-state index < -0.39 is 0 Å². The monoisotopic (exact) mass is 213 g/mol. The molecule has 0 spiro atoms. The van der Waals surface area contributed by atoms with E-state index in [1.54, 1.807) is 0 Å². The molecule has 1 aromatic rings. The van der Waals surface area contributed by atoms with E-state index in [1.807, 2.05) is 6.20 Å². The van der Waals surface area contributed by atoms with E-state index in [9.17, 15) is 0 Å².